The fraction of sp³-hybridized carbons (Fsp3) is 0.435. The average molecular weight is 400 g/mol. The zero-order chi connectivity index (χ0) is 20.5. The number of morpholine rings is 1. The van der Waals surface area contributed by atoms with Crippen molar-refractivity contribution in [3.8, 4) is 11.5 Å². The van der Waals surface area contributed by atoms with Gasteiger partial charge in [-0.05, 0) is 48.9 Å². The van der Waals surface area contributed by atoms with Crippen LogP contribution in [0.1, 0.15) is 24.1 Å². The van der Waals surface area contributed by atoms with Gasteiger partial charge in [0.05, 0.1) is 39.9 Å². The van der Waals surface area contributed by atoms with Gasteiger partial charge in [-0.1, -0.05) is 12.1 Å². The Bertz CT molecular complexity index is 755. The first-order valence-electron chi connectivity index (χ1n) is 10.2. The number of methoxy groups -OCH3 is 1. The van der Waals surface area contributed by atoms with Crippen molar-refractivity contribution < 1.29 is 23.9 Å². The lowest BCUT2D eigenvalue weighted by Crippen LogP contribution is -3.15. The molecule has 1 fully saturated rings. The number of carbonyl (C=O) groups excluding carboxylic acids is 1. The quantitative estimate of drug-likeness (QED) is 0.669. The number of hydrogen-bond acceptors (Lipinski definition) is 4. The summed E-state index contributed by atoms with van der Waals surface area (Å²) in [4.78, 5) is 14.0. The summed E-state index contributed by atoms with van der Waals surface area (Å²) in [5.74, 6) is 1.69. The molecule has 0 bridgehead atoms. The van der Waals surface area contributed by atoms with Crippen LogP contribution < -0.4 is 19.7 Å². The van der Waals surface area contributed by atoms with Crippen LogP contribution in [0.5, 0.6) is 11.5 Å². The molecule has 156 valence electrons. The summed E-state index contributed by atoms with van der Waals surface area (Å²) in [6.07, 6.45) is 0.361. The molecule has 0 radical (unpaired) electrons. The predicted octanol–water partition coefficient (Wildman–Crippen LogP) is 1.41. The summed E-state index contributed by atoms with van der Waals surface area (Å²) >= 11 is 0. The van der Waals surface area contributed by atoms with E-state index in [9.17, 15) is 4.79 Å². The van der Waals surface area contributed by atoms with E-state index in [2.05, 4.69) is 17.4 Å². The van der Waals surface area contributed by atoms with Gasteiger partial charge in [-0.25, -0.2) is 0 Å². The van der Waals surface area contributed by atoms with Gasteiger partial charge >= 0.3 is 0 Å². The van der Waals surface area contributed by atoms with Crippen LogP contribution in [0.25, 0.3) is 0 Å². The maximum atomic E-state index is 12.5. The Hall–Kier alpha value is -2.57. The van der Waals surface area contributed by atoms with E-state index < -0.39 is 0 Å². The molecule has 29 heavy (non-hydrogen) atoms. The molecular formula is C23H31N2O4+. The molecule has 0 unspecified atom stereocenters. The minimum Gasteiger partial charge on any atom is -0.497 e. The number of nitrogens with one attached hydrogen (secondary N) is 2. The molecule has 6 heteroatoms. The highest BCUT2D eigenvalue weighted by atomic mass is 16.5. The van der Waals surface area contributed by atoms with E-state index in [1.165, 1.54) is 10.5 Å². The first kappa shape index (κ1) is 21.1. The predicted molar refractivity (Wildman–Crippen MR) is 112 cm³/mol. The fourth-order valence-electron chi connectivity index (χ4n) is 3.65. The molecule has 0 aromatic heterocycles. The van der Waals surface area contributed by atoms with E-state index in [1.807, 2.05) is 43.3 Å². The lowest BCUT2D eigenvalue weighted by molar-refractivity contribution is -0.937. The van der Waals surface area contributed by atoms with Gasteiger partial charge in [0.1, 0.15) is 30.6 Å². The highest BCUT2D eigenvalue weighted by Crippen LogP contribution is 2.16. The van der Waals surface area contributed by atoms with E-state index in [4.69, 9.17) is 14.2 Å². The highest BCUT2D eigenvalue weighted by Gasteiger charge is 2.27. The summed E-state index contributed by atoms with van der Waals surface area (Å²) in [5, 5.41) is 3.13. The molecule has 1 aliphatic heterocycles. The third-order valence-electron chi connectivity index (χ3n) is 5.25. The van der Waals surface area contributed by atoms with Gasteiger partial charge < -0.3 is 24.4 Å². The van der Waals surface area contributed by atoms with Crippen molar-refractivity contribution in [1.82, 2.24) is 5.32 Å². The standard InChI is InChI=1S/C23H30N2O4/c1-3-29-21-8-4-18(5-9-21)16-23(26)24-17-22(25-12-14-28-15-13-25)19-6-10-20(27-2)11-7-19/h4-11,22H,3,12-17H2,1-2H3,(H,24,26)/p+1/t22-/m0/s1. The normalized spacial score (nSPS) is 15.5. The highest BCUT2D eigenvalue weighted by molar-refractivity contribution is 5.78. The maximum Gasteiger partial charge on any atom is 0.224 e. The minimum absolute atomic E-state index is 0.0281. The Morgan fingerprint density at radius 2 is 1.72 bits per heavy atom. The maximum absolute atomic E-state index is 12.5. The lowest BCUT2D eigenvalue weighted by atomic mass is 10.0. The molecule has 0 spiro atoms. The van der Waals surface area contributed by atoms with Crippen molar-refractivity contribution in [2.24, 2.45) is 0 Å². The van der Waals surface area contributed by atoms with Gasteiger partial charge in [-0.2, -0.15) is 0 Å². The topological polar surface area (TPSA) is 61.2 Å². The molecule has 0 saturated carbocycles. The van der Waals surface area contributed by atoms with E-state index in [0.29, 0.717) is 19.6 Å². The first-order valence-corrected chi connectivity index (χ1v) is 10.2. The smallest absolute Gasteiger partial charge is 0.224 e. The Balaban J connectivity index is 1.61. The van der Waals surface area contributed by atoms with Crippen LogP contribution in [0.3, 0.4) is 0 Å². The molecule has 1 heterocycles. The SMILES string of the molecule is CCOc1ccc(CC(=O)NC[C@@H](c2ccc(OC)cc2)[NH+]2CCOCC2)cc1. The van der Waals surface area contributed by atoms with Crippen molar-refractivity contribution in [2.45, 2.75) is 19.4 Å². The third kappa shape index (κ3) is 6.21. The van der Waals surface area contributed by atoms with Crippen molar-refractivity contribution >= 4 is 5.91 Å². The number of ether oxygens (including phenoxy) is 3. The molecule has 2 aromatic rings. The number of benzene rings is 2. The second kappa shape index (κ2) is 10.8. The van der Waals surface area contributed by atoms with Crippen LogP contribution in [-0.4, -0.2) is 52.5 Å². The van der Waals surface area contributed by atoms with E-state index in [0.717, 1.165) is 43.4 Å². The van der Waals surface area contributed by atoms with Gasteiger partial charge in [0.15, 0.2) is 0 Å². The molecule has 1 saturated heterocycles. The molecule has 0 aliphatic carbocycles. The zero-order valence-electron chi connectivity index (χ0n) is 17.3. The molecule has 1 aliphatic rings. The average Bonchev–Trinajstić information content (AvgIpc) is 2.77. The molecular weight excluding hydrogens is 368 g/mol. The second-order valence-corrected chi connectivity index (χ2v) is 7.15. The molecule has 2 N–H and O–H groups in total. The fourth-order valence-corrected chi connectivity index (χ4v) is 3.65. The van der Waals surface area contributed by atoms with Gasteiger partial charge in [0.2, 0.25) is 5.91 Å². The van der Waals surface area contributed by atoms with Crippen LogP contribution in [0.2, 0.25) is 0 Å². The summed E-state index contributed by atoms with van der Waals surface area (Å²) in [6.45, 7) is 6.56. The van der Waals surface area contributed by atoms with Crippen LogP contribution in [0.4, 0.5) is 0 Å². The Morgan fingerprint density at radius 3 is 2.34 bits per heavy atom. The van der Waals surface area contributed by atoms with Crippen molar-refractivity contribution in [2.75, 3.05) is 46.6 Å². The Morgan fingerprint density at radius 1 is 1.07 bits per heavy atom. The monoisotopic (exact) mass is 399 g/mol. The lowest BCUT2D eigenvalue weighted by Gasteiger charge is -2.32. The largest absolute Gasteiger partial charge is 0.497 e. The van der Waals surface area contributed by atoms with Crippen LogP contribution in [0.15, 0.2) is 48.5 Å². The summed E-state index contributed by atoms with van der Waals surface area (Å²) < 4.78 is 16.2. The molecule has 1 atom stereocenters. The van der Waals surface area contributed by atoms with Crippen LogP contribution in [-0.2, 0) is 16.0 Å². The summed E-state index contributed by atoms with van der Waals surface area (Å²) in [5.41, 5.74) is 2.18. The molecule has 3 rings (SSSR count). The number of amides is 1. The summed E-state index contributed by atoms with van der Waals surface area (Å²) in [7, 11) is 1.67. The molecule has 2 aromatic carbocycles. The van der Waals surface area contributed by atoms with Crippen molar-refractivity contribution in [1.29, 1.82) is 0 Å². The minimum atomic E-state index is 0.0281. The Labute approximate surface area is 172 Å². The van der Waals surface area contributed by atoms with Crippen molar-refractivity contribution in [3.63, 3.8) is 0 Å². The second-order valence-electron chi connectivity index (χ2n) is 7.15. The number of rotatable bonds is 9. The first-order chi connectivity index (χ1) is 14.2. The van der Waals surface area contributed by atoms with Gasteiger partial charge in [0, 0.05) is 5.56 Å². The summed E-state index contributed by atoms with van der Waals surface area (Å²) in [6, 6.07) is 16.0. The van der Waals surface area contributed by atoms with Gasteiger partial charge in [-0.3, -0.25) is 4.79 Å². The van der Waals surface area contributed by atoms with Crippen molar-refractivity contribution in [3.05, 3.63) is 59.7 Å². The number of carbonyl (C=O) groups is 1. The van der Waals surface area contributed by atoms with E-state index in [-0.39, 0.29) is 11.9 Å². The van der Waals surface area contributed by atoms with Gasteiger partial charge in [0.25, 0.3) is 0 Å². The van der Waals surface area contributed by atoms with Crippen LogP contribution >= 0.6 is 0 Å². The third-order valence-corrected chi connectivity index (χ3v) is 5.25. The van der Waals surface area contributed by atoms with E-state index in [1.54, 1.807) is 7.11 Å². The number of quaternary nitrogens is 1. The van der Waals surface area contributed by atoms with Crippen LogP contribution in [0, 0.1) is 0 Å². The molecule has 1 amide bonds. The molecule has 6 nitrogen and oxygen atoms in total. The van der Waals surface area contributed by atoms with Gasteiger partial charge in [-0.15, -0.1) is 0 Å². The Kier molecular flexibility index (Phi) is 7.90. The number of hydrogen-bond donors (Lipinski definition) is 2. The van der Waals surface area contributed by atoms with E-state index >= 15 is 0 Å². The zero-order valence-corrected chi connectivity index (χ0v) is 17.3.